The molecule has 0 aliphatic heterocycles. The second-order valence-corrected chi connectivity index (χ2v) is 6.59. The molecule has 3 nitrogen and oxygen atoms in total. The van der Waals surface area contributed by atoms with Gasteiger partial charge in [-0.15, -0.1) is 0 Å². The average molecular weight is 264 g/mol. The van der Waals surface area contributed by atoms with E-state index in [0.29, 0.717) is 0 Å². The molecule has 1 aromatic carbocycles. The zero-order chi connectivity index (χ0) is 14.5. The zero-order valence-electron chi connectivity index (χ0n) is 12.9. The van der Waals surface area contributed by atoms with Gasteiger partial charge in [-0.2, -0.15) is 0 Å². The summed E-state index contributed by atoms with van der Waals surface area (Å²) in [7, 11) is 4.02. The van der Waals surface area contributed by atoms with E-state index in [1.807, 2.05) is 25.2 Å². The molecule has 0 saturated heterocycles. The van der Waals surface area contributed by atoms with Crippen molar-refractivity contribution in [2.45, 2.75) is 26.3 Å². The van der Waals surface area contributed by atoms with E-state index in [1.54, 1.807) is 0 Å². The second-order valence-electron chi connectivity index (χ2n) is 6.59. The number of aliphatic hydroxyl groups excluding tert-OH is 1. The predicted octanol–water partition coefficient (Wildman–Crippen LogP) is 2.07. The first-order valence-corrected chi connectivity index (χ1v) is 6.87. The summed E-state index contributed by atoms with van der Waals surface area (Å²) in [5, 5.41) is 13.2. The molecule has 1 aromatic rings. The molecule has 0 heterocycles. The summed E-state index contributed by atoms with van der Waals surface area (Å²) in [5.74, 6) is 0. The van der Waals surface area contributed by atoms with Gasteiger partial charge in [0.2, 0.25) is 0 Å². The standard InChI is InChI=1S/C16H28N2O/c1-15(2,3)11-18(5)12-16(13-19,17-4)14-9-7-6-8-10-14/h6-10,17,19H,11-13H2,1-5H3. The van der Waals surface area contributed by atoms with E-state index < -0.39 is 5.54 Å². The third-order valence-corrected chi connectivity index (χ3v) is 3.36. The van der Waals surface area contributed by atoms with E-state index in [9.17, 15) is 5.11 Å². The fourth-order valence-corrected chi connectivity index (χ4v) is 2.62. The molecule has 2 N–H and O–H groups in total. The average Bonchev–Trinajstić information content (AvgIpc) is 2.35. The number of aliphatic hydroxyl groups is 1. The maximum absolute atomic E-state index is 9.89. The lowest BCUT2D eigenvalue weighted by atomic mass is 9.89. The van der Waals surface area contributed by atoms with E-state index in [2.05, 4.69) is 50.2 Å². The highest BCUT2D eigenvalue weighted by Gasteiger charge is 2.31. The van der Waals surface area contributed by atoms with Crippen LogP contribution in [0.3, 0.4) is 0 Å². The number of nitrogens with one attached hydrogen (secondary N) is 1. The van der Waals surface area contributed by atoms with Crippen molar-refractivity contribution in [3.05, 3.63) is 35.9 Å². The van der Waals surface area contributed by atoms with Crippen molar-refractivity contribution in [3.8, 4) is 0 Å². The molecule has 108 valence electrons. The first-order valence-electron chi connectivity index (χ1n) is 6.87. The summed E-state index contributed by atoms with van der Waals surface area (Å²) < 4.78 is 0. The number of nitrogens with zero attached hydrogens (tertiary/aromatic N) is 1. The van der Waals surface area contributed by atoms with Crippen LogP contribution in [0.2, 0.25) is 0 Å². The Bertz CT molecular complexity index is 366. The molecule has 0 bridgehead atoms. The Kier molecular flexibility index (Phi) is 5.53. The van der Waals surface area contributed by atoms with Gasteiger partial charge in [-0.3, -0.25) is 0 Å². The minimum atomic E-state index is -0.402. The Balaban J connectivity index is 2.89. The van der Waals surface area contributed by atoms with Crippen molar-refractivity contribution >= 4 is 0 Å². The number of benzene rings is 1. The van der Waals surface area contributed by atoms with Gasteiger partial charge in [-0.05, 0) is 25.1 Å². The minimum Gasteiger partial charge on any atom is -0.394 e. The second kappa shape index (κ2) is 6.51. The van der Waals surface area contributed by atoms with E-state index in [1.165, 1.54) is 0 Å². The molecule has 1 unspecified atom stereocenters. The van der Waals surface area contributed by atoms with Crippen LogP contribution in [0, 0.1) is 5.41 Å². The molecule has 0 aliphatic rings. The summed E-state index contributed by atoms with van der Waals surface area (Å²) in [6.07, 6.45) is 0. The summed E-state index contributed by atoms with van der Waals surface area (Å²) in [6, 6.07) is 10.2. The lowest BCUT2D eigenvalue weighted by Gasteiger charge is -2.38. The Morgan fingerprint density at radius 2 is 1.68 bits per heavy atom. The van der Waals surface area contributed by atoms with Crippen LogP contribution in [-0.4, -0.2) is 43.8 Å². The van der Waals surface area contributed by atoms with Crippen LogP contribution < -0.4 is 5.32 Å². The molecule has 0 fully saturated rings. The molecule has 0 saturated carbocycles. The first-order chi connectivity index (χ1) is 8.83. The molecule has 1 atom stereocenters. The number of hydrogen-bond donors (Lipinski definition) is 2. The smallest absolute Gasteiger partial charge is 0.0795 e. The highest BCUT2D eigenvalue weighted by Crippen LogP contribution is 2.23. The van der Waals surface area contributed by atoms with Crippen LogP contribution in [0.1, 0.15) is 26.3 Å². The molecule has 0 amide bonds. The fraction of sp³-hybridized carbons (Fsp3) is 0.625. The van der Waals surface area contributed by atoms with Gasteiger partial charge < -0.3 is 15.3 Å². The van der Waals surface area contributed by atoms with Crippen LogP contribution in [0.4, 0.5) is 0 Å². The third kappa shape index (κ3) is 4.60. The van der Waals surface area contributed by atoms with Gasteiger partial charge in [0.1, 0.15) is 0 Å². The van der Waals surface area contributed by atoms with Crippen LogP contribution in [0.5, 0.6) is 0 Å². The molecule has 0 aromatic heterocycles. The SMILES string of the molecule is CNC(CO)(CN(C)CC(C)(C)C)c1ccccc1. The van der Waals surface area contributed by atoms with Gasteiger partial charge in [0.15, 0.2) is 0 Å². The van der Waals surface area contributed by atoms with Crippen LogP contribution in [0.25, 0.3) is 0 Å². The maximum Gasteiger partial charge on any atom is 0.0795 e. The van der Waals surface area contributed by atoms with Crippen LogP contribution >= 0.6 is 0 Å². The fourth-order valence-electron chi connectivity index (χ4n) is 2.62. The molecule has 1 rings (SSSR count). The minimum absolute atomic E-state index is 0.0853. The van der Waals surface area contributed by atoms with Gasteiger partial charge >= 0.3 is 0 Å². The molecule has 0 radical (unpaired) electrons. The highest BCUT2D eigenvalue weighted by molar-refractivity contribution is 5.25. The van der Waals surface area contributed by atoms with Gasteiger partial charge in [-0.25, -0.2) is 0 Å². The predicted molar refractivity (Wildman–Crippen MR) is 81.2 cm³/mol. The number of rotatable bonds is 6. The van der Waals surface area contributed by atoms with E-state index in [0.717, 1.165) is 18.7 Å². The first kappa shape index (κ1) is 16.2. The topological polar surface area (TPSA) is 35.5 Å². The monoisotopic (exact) mass is 264 g/mol. The third-order valence-electron chi connectivity index (χ3n) is 3.36. The Morgan fingerprint density at radius 3 is 2.11 bits per heavy atom. The van der Waals surface area contributed by atoms with Crippen molar-refractivity contribution in [2.75, 3.05) is 33.8 Å². The van der Waals surface area contributed by atoms with Crippen molar-refractivity contribution in [1.29, 1.82) is 0 Å². The van der Waals surface area contributed by atoms with Gasteiger partial charge in [0, 0.05) is 13.1 Å². The largest absolute Gasteiger partial charge is 0.394 e. The Hall–Kier alpha value is -0.900. The summed E-state index contributed by atoms with van der Waals surface area (Å²) >= 11 is 0. The summed E-state index contributed by atoms with van der Waals surface area (Å²) in [5.41, 5.74) is 0.975. The molecule has 3 heteroatoms. The van der Waals surface area contributed by atoms with E-state index in [-0.39, 0.29) is 12.0 Å². The lowest BCUT2D eigenvalue weighted by Crippen LogP contribution is -2.52. The molecular formula is C16H28N2O. The lowest BCUT2D eigenvalue weighted by molar-refractivity contribution is 0.108. The van der Waals surface area contributed by atoms with Gasteiger partial charge in [0.05, 0.1) is 12.1 Å². The Morgan fingerprint density at radius 1 is 1.11 bits per heavy atom. The molecule has 19 heavy (non-hydrogen) atoms. The van der Waals surface area contributed by atoms with E-state index in [4.69, 9.17) is 0 Å². The van der Waals surface area contributed by atoms with E-state index >= 15 is 0 Å². The molecule has 0 aliphatic carbocycles. The Labute approximate surface area is 117 Å². The normalized spacial score (nSPS) is 15.5. The van der Waals surface area contributed by atoms with Crippen molar-refractivity contribution in [2.24, 2.45) is 5.41 Å². The van der Waals surface area contributed by atoms with Gasteiger partial charge in [0.25, 0.3) is 0 Å². The number of likely N-dealkylation sites (N-methyl/N-ethyl adjacent to an activating group) is 2. The molecular weight excluding hydrogens is 236 g/mol. The molecule has 0 spiro atoms. The van der Waals surface area contributed by atoms with Crippen LogP contribution in [0.15, 0.2) is 30.3 Å². The highest BCUT2D eigenvalue weighted by atomic mass is 16.3. The quantitative estimate of drug-likeness (QED) is 0.825. The van der Waals surface area contributed by atoms with Gasteiger partial charge in [-0.1, -0.05) is 51.1 Å². The summed E-state index contributed by atoms with van der Waals surface area (Å²) in [6.45, 7) is 8.54. The summed E-state index contributed by atoms with van der Waals surface area (Å²) in [4.78, 5) is 2.28. The van der Waals surface area contributed by atoms with Crippen molar-refractivity contribution in [3.63, 3.8) is 0 Å². The number of hydrogen-bond acceptors (Lipinski definition) is 3. The zero-order valence-corrected chi connectivity index (χ0v) is 12.9. The maximum atomic E-state index is 9.89. The van der Waals surface area contributed by atoms with Crippen molar-refractivity contribution < 1.29 is 5.11 Å². The van der Waals surface area contributed by atoms with Crippen molar-refractivity contribution in [1.82, 2.24) is 10.2 Å². The van der Waals surface area contributed by atoms with Crippen LogP contribution in [-0.2, 0) is 5.54 Å².